The van der Waals surface area contributed by atoms with Crippen molar-refractivity contribution in [1.29, 1.82) is 0 Å². The molecule has 4 rings (SSSR count). The molecule has 11 N–H and O–H groups in total. The zero-order valence-corrected chi connectivity index (χ0v) is 20.3. The first kappa shape index (κ1) is 28.5. The van der Waals surface area contributed by atoms with Crippen molar-refractivity contribution in [2.24, 2.45) is 28.7 Å². The van der Waals surface area contributed by atoms with E-state index in [0.29, 0.717) is 39.0 Å². The topological polar surface area (TPSA) is 204 Å². The van der Waals surface area contributed by atoms with Crippen molar-refractivity contribution in [3.8, 4) is 0 Å². The Labute approximate surface area is 215 Å². The second kappa shape index (κ2) is 11.1. The fourth-order valence-electron chi connectivity index (χ4n) is 4.45. The summed E-state index contributed by atoms with van der Waals surface area (Å²) in [6, 6.07) is -1.16. The molecule has 2 aliphatic heterocycles. The van der Waals surface area contributed by atoms with E-state index >= 15 is 0 Å². The lowest BCUT2D eigenvalue weighted by Gasteiger charge is -2.37. The molecular weight excluding hydrogens is 522 g/mol. The van der Waals surface area contributed by atoms with Gasteiger partial charge in [0.15, 0.2) is 23.3 Å². The minimum atomic E-state index is -1.96. The molecule has 0 aliphatic carbocycles. The molecule has 0 radical (unpaired) electrons. The summed E-state index contributed by atoms with van der Waals surface area (Å²) < 4.78 is 58.0. The number of anilines is 4. The maximum Gasteiger partial charge on any atom is 0.254 e. The monoisotopic (exact) mass is 549 g/mol. The zero-order valence-electron chi connectivity index (χ0n) is 19.5. The quantitative estimate of drug-likeness (QED) is 0.205. The van der Waals surface area contributed by atoms with Gasteiger partial charge in [-0.25, -0.2) is 17.6 Å². The number of aromatic nitrogens is 3. The Hall–Kier alpha value is -3.05. The standard InChI is InChI=1S/C20H27F4N11O.ClH/c21-12-11(17(29)36)13(22)15(24)16(14(12)23)30-18-31-19(34-3-7(25)1-8(26)4-34)33-20(32-18)35-5-9(27)2-10(28)6-35;/h7-10H,1-6,25-28H2,(H2,29,36)(H,30,31,32,33);1H/t7-,8+,9-,10+;. The first-order chi connectivity index (χ1) is 16.9. The summed E-state index contributed by atoms with van der Waals surface area (Å²) in [4.78, 5) is 27.4. The van der Waals surface area contributed by atoms with E-state index in [1.807, 2.05) is 0 Å². The average molecular weight is 550 g/mol. The third kappa shape index (κ3) is 5.93. The normalized spacial score (nSPS) is 24.0. The lowest BCUT2D eigenvalue weighted by Crippen LogP contribution is -2.54. The number of hydrogen-bond acceptors (Lipinski definition) is 11. The summed E-state index contributed by atoms with van der Waals surface area (Å²) in [6.07, 6.45) is 1.13. The first-order valence-electron chi connectivity index (χ1n) is 11.2. The zero-order chi connectivity index (χ0) is 26.3. The molecule has 2 saturated heterocycles. The van der Waals surface area contributed by atoms with Crippen molar-refractivity contribution in [2.45, 2.75) is 37.0 Å². The highest BCUT2D eigenvalue weighted by atomic mass is 35.5. The van der Waals surface area contributed by atoms with Crippen LogP contribution in [0.4, 0.5) is 41.1 Å². The maximum absolute atomic E-state index is 14.7. The molecule has 1 aromatic heterocycles. The highest BCUT2D eigenvalue weighted by molar-refractivity contribution is 5.94. The molecule has 2 aromatic rings. The van der Waals surface area contributed by atoms with Crippen LogP contribution >= 0.6 is 12.4 Å². The molecule has 1 aromatic carbocycles. The molecule has 4 atom stereocenters. The van der Waals surface area contributed by atoms with Gasteiger partial charge < -0.3 is 43.8 Å². The number of piperidine rings is 2. The van der Waals surface area contributed by atoms with E-state index < -0.39 is 46.4 Å². The van der Waals surface area contributed by atoms with Gasteiger partial charge in [-0.1, -0.05) is 0 Å². The molecule has 12 nitrogen and oxygen atoms in total. The number of amides is 1. The molecule has 0 spiro atoms. The SMILES string of the molecule is Cl.NC(=O)c1c(F)c(F)c(Nc2nc(N3C[C@H](N)C[C@H](N)C3)nc(N3C[C@H](N)C[C@H](N)C3)n2)c(F)c1F. The number of nitrogens with one attached hydrogen (secondary N) is 1. The Kier molecular flexibility index (Phi) is 8.59. The van der Waals surface area contributed by atoms with Crippen molar-refractivity contribution in [2.75, 3.05) is 41.3 Å². The number of rotatable bonds is 5. The summed E-state index contributed by atoms with van der Waals surface area (Å²) in [6.45, 7) is 1.31. The van der Waals surface area contributed by atoms with Crippen LogP contribution in [0, 0.1) is 23.3 Å². The molecule has 2 fully saturated rings. The molecule has 204 valence electrons. The second-order valence-electron chi connectivity index (χ2n) is 9.08. The number of benzene rings is 1. The lowest BCUT2D eigenvalue weighted by molar-refractivity contribution is 0.0990. The minimum absolute atomic E-state index is 0. The summed E-state index contributed by atoms with van der Waals surface area (Å²) in [5.41, 5.74) is 26.3. The van der Waals surface area contributed by atoms with Crippen LogP contribution in [-0.4, -0.2) is 71.2 Å². The van der Waals surface area contributed by atoms with Crippen molar-refractivity contribution < 1.29 is 22.4 Å². The van der Waals surface area contributed by atoms with Crippen LogP contribution in [0.15, 0.2) is 0 Å². The molecular formula is C20H28ClF4N11O. The Morgan fingerprint density at radius 1 is 0.730 bits per heavy atom. The highest BCUT2D eigenvalue weighted by Crippen LogP contribution is 2.31. The minimum Gasteiger partial charge on any atom is -0.365 e. The maximum atomic E-state index is 14.7. The van der Waals surface area contributed by atoms with E-state index in [0.717, 1.165) is 0 Å². The number of carbonyl (C=O) groups excluding carboxylic acids is 1. The average Bonchev–Trinajstić information content (AvgIpc) is 2.79. The number of carbonyl (C=O) groups is 1. The largest absolute Gasteiger partial charge is 0.365 e. The first-order valence-corrected chi connectivity index (χ1v) is 11.2. The molecule has 0 saturated carbocycles. The number of primary amides is 1. The van der Waals surface area contributed by atoms with Crippen LogP contribution in [0.3, 0.4) is 0 Å². The third-order valence-electron chi connectivity index (χ3n) is 5.95. The van der Waals surface area contributed by atoms with Crippen LogP contribution in [0.1, 0.15) is 23.2 Å². The van der Waals surface area contributed by atoms with E-state index in [2.05, 4.69) is 20.3 Å². The fourth-order valence-corrected chi connectivity index (χ4v) is 4.45. The van der Waals surface area contributed by atoms with Gasteiger partial charge in [0.2, 0.25) is 17.8 Å². The molecule has 1 amide bonds. The van der Waals surface area contributed by atoms with Crippen LogP contribution in [-0.2, 0) is 0 Å². The van der Waals surface area contributed by atoms with Crippen molar-refractivity contribution in [3.63, 3.8) is 0 Å². The number of nitrogens with zero attached hydrogens (tertiary/aromatic N) is 5. The second-order valence-corrected chi connectivity index (χ2v) is 9.08. The summed E-state index contributed by atoms with van der Waals surface area (Å²) in [5, 5.41) is 2.17. The van der Waals surface area contributed by atoms with Crippen molar-refractivity contribution in [1.82, 2.24) is 15.0 Å². The van der Waals surface area contributed by atoms with Gasteiger partial charge in [0.05, 0.1) is 0 Å². The summed E-state index contributed by atoms with van der Waals surface area (Å²) in [7, 11) is 0. The molecule has 2 aliphatic rings. The summed E-state index contributed by atoms with van der Waals surface area (Å²) >= 11 is 0. The van der Waals surface area contributed by atoms with Crippen LogP contribution < -0.4 is 43.8 Å². The van der Waals surface area contributed by atoms with E-state index in [1.54, 1.807) is 9.80 Å². The van der Waals surface area contributed by atoms with Gasteiger partial charge in [0.1, 0.15) is 11.3 Å². The van der Waals surface area contributed by atoms with Gasteiger partial charge in [0.25, 0.3) is 5.91 Å². The Bertz CT molecular complexity index is 1080. The Morgan fingerprint density at radius 3 is 1.46 bits per heavy atom. The van der Waals surface area contributed by atoms with Crippen LogP contribution in [0.2, 0.25) is 0 Å². The molecule has 0 bridgehead atoms. The van der Waals surface area contributed by atoms with Gasteiger partial charge in [0, 0.05) is 50.3 Å². The van der Waals surface area contributed by atoms with Crippen molar-refractivity contribution >= 4 is 41.8 Å². The highest BCUT2D eigenvalue weighted by Gasteiger charge is 2.31. The fraction of sp³-hybridized carbons (Fsp3) is 0.500. The lowest BCUT2D eigenvalue weighted by atomic mass is 10.0. The van der Waals surface area contributed by atoms with E-state index in [-0.39, 0.29) is 48.5 Å². The number of hydrogen-bond donors (Lipinski definition) is 6. The van der Waals surface area contributed by atoms with Crippen LogP contribution in [0.5, 0.6) is 0 Å². The Morgan fingerprint density at radius 2 is 1.11 bits per heavy atom. The van der Waals surface area contributed by atoms with E-state index in [9.17, 15) is 22.4 Å². The van der Waals surface area contributed by atoms with Gasteiger partial charge in [-0.15, -0.1) is 12.4 Å². The van der Waals surface area contributed by atoms with Gasteiger partial charge in [-0.3, -0.25) is 4.79 Å². The molecule has 17 heteroatoms. The van der Waals surface area contributed by atoms with Gasteiger partial charge >= 0.3 is 0 Å². The Balaban J connectivity index is 0.00000380. The predicted octanol–water partition coefficient (Wildman–Crippen LogP) is -0.578. The molecule has 37 heavy (non-hydrogen) atoms. The number of nitrogens with two attached hydrogens (primary N) is 5. The predicted molar refractivity (Wildman–Crippen MR) is 131 cm³/mol. The van der Waals surface area contributed by atoms with Crippen molar-refractivity contribution in [3.05, 3.63) is 28.8 Å². The third-order valence-corrected chi connectivity index (χ3v) is 5.95. The van der Waals surface area contributed by atoms with Crippen LogP contribution in [0.25, 0.3) is 0 Å². The van der Waals surface area contributed by atoms with E-state index in [1.165, 1.54) is 0 Å². The van der Waals surface area contributed by atoms with Gasteiger partial charge in [-0.05, 0) is 12.8 Å². The van der Waals surface area contributed by atoms with Gasteiger partial charge in [-0.2, -0.15) is 15.0 Å². The molecule has 3 heterocycles. The summed E-state index contributed by atoms with van der Waals surface area (Å²) in [5.74, 6) is -9.65. The number of halogens is 5. The molecule has 0 unspecified atom stereocenters. The van der Waals surface area contributed by atoms with E-state index in [4.69, 9.17) is 28.7 Å². The smallest absolute Gasteiger partial charge is 0.254 e.